The maximum atomic E-state index is 12.7. The summed E-state index contributed by atoms with van der Waals surface area (Å²) in [7, 11) is 0. The number of amides is 3. The van der Waals surface area contributed by atoms with E-state index in [0.717, 1.165) is 24.2 Å². The molecule has 4 rings (SSSR count). The van der Waals surface area contributed by atoms with Crippen LogP contribution in [0.2, 0.25) is 0 Å². The molecule has 2 heterocycles. The lowest BCUT2D eigenvalue weighted by Crippen LogP contribution is -2.73. The molecular formula is C21H29N3O4. The summed E-state index contributed by atoms with van der Waals surface area (Å²) >= 11 is 0. The molecule has 0 radical (unpaired) electrons. The third-order valence-electron chi connectivity index (χ3n) is 7.59. The Balaban J connectivity index is 1.90. The number of phenolic OH excluding ortho intramolecular Hbond substituents is 1. The van der Waals surface area contributed by atoms with Gasteiger partial charge in [-0.05, 0) is 75.9 Å². The summed E-state index contributed by atoms with van der Waals surface area (Å²) in [6.45, 7) is 7.71. The number of rotatable bonds is 2. The van der Waals surface area contributed by atoms with Gasteiger partial charge in [0.1, 0.15) is 11.3 Å². The summed E-state index contributed by atoms with van der Waals surface area (Å²) in [5.41, 5.74) is -0.997. The highest BCUT2D eigenvalue weighted by atomic mass is 16.3. The van der Waals surface area contributed by atoms with Gasteiger partial charge < -0.3 is 15.5 Å². The average molecular weight is 387 g/mol. The summed E-state index contributed by atoms with van der Waals surface area (Å²) in [6.07, 6.45) is 1.76. The van der Waals surface area contributed by atoms with Crippen LogP contribution in [-0.2, 0) is 10.2 Å². The molecule has 2 saturated heterocycles. The smallest absolute Gasteiger partial charge is 0.322 e. The average Bonchev–Trinajstić information content (AvgIpc) is 2.92. The molecule has 2 aliphatic heterocycles. The van der Waals surface area contributed by atoms with Crippen LogP contribution in [-0.4, -0.2) is 57.3 Å². The lowest BCUT2D eigenvalue weighted by atomic mass is 9.49. The number of benzene rings is 1. The van der Waals surface area contributed by atoms with E-state index < -0.39 is 22.6 Å². The van der Waals surface area contributed by atoms with Crippen molar-refractivity contribution >= 4 is 11.9 Å². The van der Waals surface area contributed by atoms with Crippen LogP contribution in [0.5, 0.6) is 5.75 Å². The molecule has 152 valence electrons. The topological polar surface area (TPSA) is 102 Å². The molecule has 1 aromatic rings. The zero-order valence-corrected chi connectivity index (χ0v) is 16.7. The van der Waals surface area contributed by atoms with Gasteiger partial charge in [0.2, 0.25) is 0 Å². The van der Waals surface area contributed by atoms with Crippen molar-refractivity contribution in [3.63, 3.8) is 0 Å². The Morgan fingerprint density at radius 1 is 1.25 bits per heavy atom. The highest BCUT2D eigenvalue weighted by Crippen LogP contribution is 2.57. The molecule has 4 unspecified atom stereocenters. The summed E-state index contributed by atoms with van der Waals surface area (Å²) in [6, 6.07) is 4.64. The monoisotopic (exact) mass is 387 g/mol. The van der Waals surface area contributed by atoms with E-state index in [4.69, 9.17) is 0 Å². The molecule has 28 heavy (non-hydrogen) atoms. The molecule has 4 N–H and O–H groups in total. The van der Waals surface area contributed by atoms with Crippen LogP contribution in [0.25, 0.3) is 0 Å². The number of aromatic hydroxyl groups is 1. The fourth-order valence-corrected chi connectivity index (χ4v) is 5.99. The number of aliphatic hydroxyl groups is 1. The Kier molecular flexibility index (Phi) is 4.25. The van der Waals surface area contributed by atoms with Crippen molar-refractivity contribution in [3.8, 4) is 5.75 Å². The third-order valence-corrected chi connectivity index (χ3v) is 7.59. The largest absolute Gasteiger partial charge is 0.508 e. The molecular weight excluding hydrogens is 358 g/mol. The van der Waals surface area contributed by atoms with Gasteiger partial charge in [0.05, 0.1) is 5.60 Å². The molecule has 4 atom stereocenters. The first-order chi connectivity index (χ1) is 13.2. The Morgan fingerprint density at radius 2 is 2.00 bits per heavy atom. The van der Waals surface area contributed by atoms with Crippen LogP contribution in [0.15, 0.2) is 18.2 Å². The molecule has 1 aromatic carbocycles. The number of piperidine rings is 1. The summed E-state index contributed by atoms with van der Waals surface area (Å²) in [5.74, 6) is -0.176. The lowest BCUT2D eigenvalue weighted by Gasteiger charge is -2.62. The standard InChI is InChI=1S/C21H29N3O4/c1-4-24-10-9-19(16-11-15(25)6-5-13(16)2)12-20(17(26)22-18(27)23-20)7-8-21(19,28)14(24)3/h5-6,11,14,25,28H,4,7-10,12H2,1-3H3,(H2,22,23,26,27). The fourth-order valence-electron chi connectivity index (χ4n) is 5.99. The van der Waals surface area contributed by atoms with Crippen molar-refractivity contribution in [2.24, 2.45) is 0 Å². The van der Waals surface area contributed by atoms with E-state index in [0.29, 0.717) is 25.7 Å². The first-order valence-electron chi connectivity index (χ1n) is 10.1. The van der Waals surface area contributed by atoms with Gasteiger partial charge in [-0.1, -0.05) is 13.0 Å². The number of likely N-dealkylation sites (N-methyl/N-ethyl adjacent to an activating group) is 1. The number of imide groups is 1. The molecule has 3 fully saturated rings. The van der Waals surface area contributed by atoms with Gasteiger partial charge in [-0.3, -0.25) is 15.0 Å². The predicted molar refractivity (Wildman–Crippen MR) is 104 cm³/mol. The minimum atomic E-state index is -1.07. The number of nitrogens with one attached hydrogen (secondary N) is 2. The first-order valence-corrected chi connectivity index (χ1v) is 10.1. The van der Waals surface area contributed by atoms with E-state index >= 15 is 0 Å². The maximum Gasteiger partial charge on any atom is 0.322 e. The zero-order chi connectivity index (χ0) is 20.3. The molecule has 3 aliphatic rings. The number of aryl methyl sites for hydroxylation is 1. The van der Waals surface area contributed by atoms with E-state index in [1.54, 1.807) is 12.1 Å². The molecule has 0 bridgehead atoms. The van der Waals surface area contributed by atoms with Gasteiger partial charge in [-0.25, -0.2) is 4.79 Å². The molecule has 1 spiro atoms. The number of hydrogen-bond donors (Lipinski definition) is 4. The highest BCUT2D eigenvalue weighted by molar-refractivity contribution is 6.07. The second-order valence-electron chi connectivity index (χ2n) is 8.73. The van der Waals surface area contributed by atoms with Crippen LogP contribution >= 0.6 is 0 Å². The van der Waals surface area contributed by atoms with E-state index in [2.05, 4.69) is 22.5 Å². The summed E-state index contributed by atoms with van der Waals surface area (Å²) < 4.78 is 0. The third kappa shape index (κ3) is 2.42. The van der Waals surface area contributed by atoms with Gasteiger partial charge in [0, 0.05) is 11.5 Å². The number of urea groups is 1. The van der Waals surface area contributed by atoms with Crippen molar-refractivity contribution < 1.29 is 19.8 Å². The minimum absolute atomic E-state index is 0.106. The Bertz CT molecular complexity index is 843. The van der Waals surface area contributed by atoms with E-state index in [-0.39, 0.29) is 17.7 Å². The second-order valence-corrected chi connectivity index (χ2v) is 8.73. The quantitative estimate of drug-likeness (QED) is 0.577. The highest BCUT2D eigenvalue weighted by Gasteiger charge is 2.66. The molecule has 7 nitrogen and oxygen atoms in total. The van der Waals surface area contributed by atoms with Crippen LogP contribution in [0.4, 0.5) is 4.79 Å². The van der Waals surface area contributed by atoms with Gasteiger partial charge in [0.15, 0.2) is 0 Å². The molecule has 0 aromatic heterocycles. The summed E-state index contributed by atoms with van der Waals surface area (Å²) in [5, 5.41) is 27.6. The maximum absolute atomic E-state index is 12.7. The normalized spacial score (nSPS) is 38.2. The van der Waals surface area contributed by atoms with Crippen LogP contribution in [0, 0.1) is 6.92 Å². The van der Waals surface area contributed by atoms with Crippen molar-refractivity contribution in [1.82, 2.24) is 15.5 Å². The Hall–Kier alpha value is -2.12. The number of nitrogens with zero attached hydrogens (tertiary/aromatic N) is 1. The van der Waals surface area contributed by atoms with Crippen molar-refractivity contribution in [3.05, 3.63) is 29.3 Å². The molecule has 1 saturated carbocycles. The number of likely N-dealkylation sites (tertiary alicyclic amines) is 1. The number of hydrogen-bond acceptors (Lipinski definition) is 5. The van der Waals surface area contributed by atoms with E-state index in [1.807, 2.05) is 19.9 Å². The zero-order valence-electron chi connectivity index (χ0n) is 16.7. The minimum Gasteiger partial charge on any atom is -0.508 e. The van der Waals surface area contributed by atoms with Crippen molar-refractivity contribution in [2.45, 2.75) is 69.1 Å². The second kappa shape index (κ2) is 6.19. The van der Waals surface area contributed by atoms with Crippen LogP contribution in [0.3, 0.4) is 0 Å². The number of fused-ring (bicyclic) bond motifs is 1. The predicted octanol–water partition coefficient (Wildman–Crippen LogP) is 1.55. The number of carbonyl (C=O) groups excluding carboxylic acids is 2. The van der Waals surface area contributed by atoms with E-state index in [9.17, 15) is 19.8 Å². The lowest BCUT2D eigenvalue weighted by molar-refractivity contribution is -0.169. The molecule has 3 amide bonds. The van der Waals surface area contributed by atoms with Crippen molar-refractivity contribution in [2.75, 3.05) is 13.1 Å². The van der Waals surface area contributed by atoms with Gasteiger partial charge in [-0.2, -0.15) is 0 Å². The van der Waals surface area contributed by atoms with Crippen molar-refractivity contribution in [1.29, 1.82) is 0 Å². The van der Waals surface area contributed by atoms with Crippen LogP contribution < -0.4 is 10.6 Å². The van der Waals surface area contributed by atoms with Gasteiger partial charge in [0.25, 0.3) is 5.91 Å². The van der Waals surface area contributed by atoms with Crippen LogP contribution in [0.1, 0.15) is 50.7 Å². The fraction of sp³-hybridized carbons (Fsp3) is 0.619. The Labute approximate surface area is 165 Å². The summed E-state index contributed by atoms with van der Waals surface area (Å²) in [4.78, 5) is 26.9. The van der Waals surface area contributed by atoms with E-state index in [1.165, 1.54) is 0 Å². The van der Waals surface area contributed by atoms with Gasteiger partial charge >= 0.3 is 6.03 Å². The number of carbonyl (C=O) groups is 2. The SMILES string of the molecule is CCN1CCC2(c3cc(O)ccc3C)CC3(CCC2(O)C1C)NC(=O)NC3=O. The first kappa shape index (κ1) is 19.2. The Morgan fingerprint density at radius 3 is 2.64 bits per heavy atom. The molecule has 7 heteroatoms. The molecule has 1 aliphatic carbocycles. The number of phenols is 1. The van der Waals surface area contributed by atoms with Gasteiger partial charge in [-0.15, -0.1) is 0 Å².